The molecule has 0 fully saturated rings. The molecule has 1 aromatic carbocycles. The highest BCUT2D eigenvalue weighted by Gasteiger charge is 2.14. The molecule has 3 N–H and O–H groups in total. The van der Waals surface area contributed by atoms with Crippen molar-refractivity contribution in [2.75, 3.05) is 23.8 Å². The van der Waals surface area contributed by atoms with E-state index < -0.39 is 10.0 Å². The standard InChI is InChI=1S/C11H15ClN2O2S2/c1-2-6-17-7-5-14-18(15,16)9-3-4-11(13)10(12)8-9/h2-4,8,14H,1,5-7,13H2. The third kappa shape index (κ3) is 4.53. The second-order valence-corrected chi connectivity index (χ2v) is 6.77. The van der Waals surface area contributed by atoms with Gasteiger partial charge in [-0.1, -0.05) is 17.7 Å². The number of hydrogen-bond donors (Lipinski definition) is 2. The average Bonchev–Trinajstić information content (AvgIpc) is 2.32. The van der Waals surface area contributed by atoms with Crippen LogP contribution in [0.4, 0.5) is 5.69 Å². The number of nitrogens with one attached hydrogen (secondary N) is 1. The average molecular weight is 307 g/mol. The van der Waals surface area contributed by atoms with E-state index in [0.29, 0.717) is 18.0 Å². The fourth-order valence-electron chi connectivity index (χ4n) is 1.17. The summed E-state index contributed by atoms with van der Waals surface area (Å²) < 4.78 is 26.3. The minimum atomic E-state index is -3.52. The zero-order valence-corrected chi connectivity index (χ0v) is 12.1. The number of nitrogens with two attached hydrogens (primary N) is 1. The van der Waals surface area contributed by atoms with Gasteiger partial charge in [0.15, 0.2) is 0 Å². The second kappa shape index (κ2) is 7.04. The third-order valence-electron chi connectivity index (χ3n) is 2.06. The lowest BCUT2D eigenvalue weighted by Gasteiger charge is -2.07. The van der Waals surface area contributed by atoms with E-state index in [1.54, 1.807) is 17.8 Å². The van der Waals surface area contributed by atoms with Gasteiger partial charge in [0, 0.05) is 18.1 Å². The first-order valence-corrected chi connectivity index (χ1v) is 8.22. The Morgan fingerprint density at radius 2 is 2.22 bits per heavy atom. The van der Waals surface area contributed by atoms with Crippen LogP contribution in [0, 0.1) is 0 Å². The molecule has 0 aliphatic carbocycles. The highest BCUT2D eigenvalue weighted by Crippen LogP contribution is 2.22. The van der Waals surface area contributed by atoms with Crippen molar-refractivity contribution in [3.05, 3.63) is 35.9 Å². The predicted molar refractivity (Wildman–Crippen MR) is 78.6 cm³/mol. The van der Waals surface area contributed by atoms with E-state index in [-0.39, 0.29) is 9.92 Å². The summed E-state index contributed by atoms with van der Waals surface area (Å²) in [6.45, 7) is 3.95. The van der Waals surface area contributed by atoms with Crippen LogP contribution in [0.5, 0.6) is 0 Å². The summed E-state index contributed by atoms with van der Waals surface area (Å²) in [6.07, 6.45) is 1.78. The van der Waals surface area contributed by atoms with Gasteiger partial charge in [0.25, 0.3) is 0 Å². The van der Waals surface area contributed by atoms with Crippen molar-refractivity contribution in [1.82, 2.24) is 4.72 Å². The molecule has 1 rings (SSSR count). The van der Waals surface area contributed by atoms with Gasteiger partial charge in [-0.05, 0) is 18.2 Å². The van der Waals surface area contributed by atoms with Gasteiger partial charge in [-0.2, -0.15) is 11.8 Å². The Balaban J connectivity index is 2.62. The highest BCUT2D eigenvalue weighted by atomic mass is 35.5. The molecule has 0 saturated heterocycles. The Hall–Kier alpha value is -0.690. The summed E-state index contributed by atoms with van der Waals surface area (Å²) in [6, 6.07) is 4.25. The molecule has 0 aliphatic heterocycles. The molecule has 0 radical (unpaired) electrons. The first-order valence-electron chi connectivity index (χ1n) is 5.20. The van der Waals surface area contributed by atoms with Crippen LogP contribution in [0.2, 0.25) is 5.02 Å². The van der Waals surface area contributed by atoms with Crippen LogP contribution in [-0.4, -0.2) is 26.5 Å². The van der Waals surface area contributed by atoms with Crippen LogP contribution in [0.25, 0.3) is 0 Å². The lowest BCUT2D eigenvalue weighted by atomic mass is 10.3. The Morgan fingerprint density at radius 1 is 1.50 bits per heavy atom. The number of hydrogen-bond acceptors (Lipinski definition) is 4. The predicted octanol–water partition coefficient (Wildman–Crippen LogP) is 2.12. The number of nitrogen functional groups attached to an aromatic ring is 1. The Bertz CT molecular complexity index is 518. The molecule has 0 bridgehead atoms. The molecule has 0 atom stereocenters. The van der Waals surface area contributed by atoms with Crippen LogP contribution in [0.15, 0.2) is 35.7 Å². The van der Waals surface area contributed by atoms with Crippen LogP contribution in [0.3, 0.4) is 0 Å². The maximum atomic E-state index is 11.9. The fraction of sp³-hybridized carbons (Fsp3) is 0.273. The van der Waals surface area contributed by atoms with E-state index in [1.807, 2.05) is 0 Å². The summed E-state index contributed by atoms with van der Waals surface area (Å²) >= 11 is 7.39. The van der Waals surface area contributed by atoms with Gasteiger partial charge in [-0.15, -0.1) is 6.58 Å². The molecule has 0 spiro atoms. The van der Waals surface area contributed by atoms with Crippen LogP contribution >= 0.6 is 23.4 Å². The number of halogens is 1. The smallest absolute Gasteiger partial charge is 0.240 e. The molecule has 0 aromatic heterocycles. The van der Waals surface area contributed by atoms with Gasteiger partial charge in [0.2, 0.25) is 10.0 Å². The van der Waals surface area contributed by atoms with Crippen molar-refractivity contribution in [1.29, 1.82) is 0 Å². The Kier molecular flexibility index (Phi) is 6.01. The van der Waals surface area contributed by atoms with Crippen molar-refractivity contribution < 1.29 is 8.42 Å². The molecule has 100 valence electrons. The number of thioether (sulfide) groups is 1. The molecule has 1 aromatic rings. The van der Waals surface area contributed by atoms with E-state index >= 15 is 0 Å². The topological polar surface area (TPSA) is 72.2 Å². The Labute approximate surface area is 117 Å². The van der Waals surface area contributed by atoms with Gasteiger partial charge in [-0.25, -0.2) is 13.1 Å². The molecule has 0 heterocycles. The zero-order chi connectivity index (χ0) is 13.6. The monoisotopic (exact) mass is 306 g/mol. The molecule has 0 amide bonds. The van der Waals surface area contributed by atoms with Crippen molar-refractivity contribution in [2.45, 2.75) is 4.90 Å². The largest absolute Gasteiger partial charge is 0.398 e. The molecular formula is C11H15ClN2O2S2. The van der Waals surface area contributed by atoms with Crippen molar-refractivity contribution >= 4 is 39.1 Å². The van der Waals surface area contributed by atoms with Gasteiger partial charge < -0.3 is 5.73 Å². The van der Waals surface area contributed by atoms with Crippen LogP contribution in [-0.2, 0) is 10.0 Å². The van der Waals surface area contributed by atoms with Gasteiger partial charge in [0.05, 0.1) is 15.6 Å². The van der Waals surface area contributed by atoms with Crippen LogP contribution < -0.4 is 10.5 Å². The number of sulfonamides is 1. The molecular weight excluding hydrogens is 292 g/mol. The number of anilines is 1. The number of rotatable bonds is 7. The lowest BCUT2D eigenvalue weighted by Crippen LogP contribution is -2.26. The van der Waals surface area contributed by atoms with E-state index in [9.17, 15) is 8.42 Å². The second-order valence-electron chi connectivity index (χ2n) is 3.44. The molecule has 0 unspecified atom stereocenters. The molecule has 18 heavy (non-hydrogen) atoms. The first-order chi connectivity index (χ1) is 8.47. The van der Waals surface area contributed by atoms with E-state index in [0.717, 1.165) is 5.75 Å². The van der Waals surface area contributed by atoms with Crippen molar-refractivity contribution in [2.24, 2.45) is 0 Å². The third-order valence-corrected chi connectivity index (χ3v) is 4.81. The number of benzene rings is 1. The van der Waals surface area contributed by atoms with Gasteiger partial charge in [0.1, 0.15) is 0 Å². The zero-order valence-electron chi connectivity index (χ0n) is 9.73. The van der Waals surface area contributed by atoms with Gasteiger partial charge >= 0.3 is 0 Å². The minimum absolute atomic E-state index is 0.121. The van der Waals surface area contributed by atoms with Crippen molar-refractivity contribution in [3.63, 3.8) is 0 Å². The van der Waals surface area contributed by atoms with E-state index in [2.05, 4.69) is 11.3 Å². The fourth-order valence-corrected chi connectivity index (χ4v) is 3.19. The summed E-state index contributed by atoms with van der Waals surface area (Å²) in [7, 11) is -3.52. The van der Waals surface area contributed by atoms with E-state index in [1.165, 1.54) is 18.2 Å². The summed E-state index contributed by atoms with van der Waals surface area (Å²) in [5.74, 6) is 1.49. The maximum absolute atomic E-state index is 11.9. The molecule has 0 saturated carbocycles. The highest BCUT2D eigenvalue weighted by molar-refractivity contribution is 7.99. The SMILES string of the molecule is C=CCSCCNS(=O)(=O)c1ccc(N)c(Cl)c1. The molecule has 4 nitrogen and oxygen atoms in total. The van der Waals surface area contributed by atoms with Crippen molar-refractivity contribution in [3.8, 4) is 0 Å². The summed E-state index contributed by atoms with van der Waals surface area (Å²) in [5, 5.41) is 0.235. The van der Waals surface area contributed by atoms with E-state index in [4.69, 9.17) is 17.3 Å². The Morgan fingerprint density at radius 3 is 2.83 bits per heavy atom. The molecule has 7 heteroatoms. The van der Waals surface area contributed by atoms with Gasteiger partial charge in [-0.3, -0.25) is 0 Å². The minimum Gasteiger partial charge on any atom is -0.398 e. The summed E-state index contributed by atoms with van der Waals surface area (Å²) in [4.78, 5) is 0.121. The summed E-state index contributed by atoms with van der Waals surface area (Å²) in [5.41, 5.74) is 5.89. The quantitative estimate of drug-likeness (QED) is 0.460. The maximum Gasteiger partial charge on any atom is 0.240 e. The molecule has 0 aliphatic rings. The van der Waals surface area contributed by atoms with Crippen LogP contribution in [0.1, 0.15) is 0 Å². The normalized spacial score (nSPS) is 11.4. The lowest BCUT2D eigenvalue weighted by molar-refractivity contribution is 0.584. The first kappa shape index (κ1) is 15.4.